The maximum atomic E-state index is 13.3. The number of sulfonamides is 1. The van der Waals surface area contributed by atoms with E-state index in [0.29, 0.717) is 5.56 Å². The molecular weight excluding hydrogens is 442 g/mol. The number of carboxylic acid groups (broad SMARTS) is 1. The number of para-hydroxylation sites is 1. The highest BCUT2D eigenvalue weighted by atomic mass is 32.2. The van der Waals surface area contributed by atoms with Crippen LogP contribution in [0.2, 0.25) is 0 Å². The minimum Gasteiger partial charge on any atom is -0.478 e. The molecule has 0 bridgehead atoms. The second-order valence-corrected chi connectivity index (χ2v) is 10.8. The molecule has 0 amide bonds. The summed E-state index contributed by atoms with van der Waals surface area (Å²) < 4.78 is 33.6. The Kier molecular flexibility index (Phi) is 5.94. The van der Waals surface area contributed by atoms with Gasteiger partial charge in [0.25, 0.3) is 0 Å². The van der Waals surface area contributed by atoms with Crippen LogP contribution < -0.4 is 4.74 Å². The second kappa shape index (κ2) is 8.44. The molecule has 7 nitrogen and oxygen atoms in total. The second-order valence-electron chi connectivity index (χ2n) is 8.86. The van der Waals surface area contributed by atoms with Gasteiger partial charge in [0, 0.05) is 18.7 Å². The van der Waals surface area contributed by atoms with Gasteiger partial charge in [-0.15, -0.1) is 0 Å². The van der Waals surface area contributed by atoms with Crippen molar-refractivity contribution < 1.29 is 28.2 Å². The Balaban J connectivity index is 1.56. The highest BCUT2D eigenvalue weighted by Crippen LogP contribution is 2.40. The van der Waals surface area contributed by atoms with Crippen molar-refractivity contribution in [2.75, 3.05) is 13.1 Å². The maximum absolute atomic E-state index is 13.3. The number of aliphatic hydroxyl groups is 1. The number of ether oxygens (including phenoxy) is 1. The quantitative estimate of drug-likeness (QED) is 0.570. The van der Waals surface area contributed by atoms with Gasteiger partial charge in [-0.3, -0.25) is 0 Å². The van der Waals surface area contributed by atoms with Crippen LogP contribution >= 0.6 is 0 Å². The van der Waals surface area contributed by atoms with Gasteiger partial charge in [0.1, 0.15) is 5.75 Å². The van der Waals surface area contributed by atoms with Gasteiger partial charge in [0.15, 0.2) is 5.60 Å². The average Bonchev–Trinajstić information content (AvgIpc) is 2.79. The summed E-state index contributed by atoms with van der Waals surface area (Å²) in [7, 11) is -3.72. The Morgan fingerprint density at radius 1 is 0.970 bits per heavy atom. The number of piperidine rings is 1. The number of aliphatic carboxylic acids is 1. The van der Waals surface area contributed by atoms with E-state index in [0.717, 1.165) is 10.8 Å². The van der Waals surface area contributed by atoms with Crippen LogP contribution in [0.5, 0.6) is 5.75 Å². The lowest BCUT2D eigenvalue weighted by atomic mass is 9.84. The lowest BCUT2D eigenvalue weighted by molar-refractivity contribution is -0.152. The smallest absolute Gasteiger partial charge is 0.347 e. The molecule has 0 saturated carbocycles. The third kappa shape index (κ3) is 4.46. The lowest BCUT2D eigenvalue weighted by Crippen LogP contribution is -2.45. The third-order valence-corrected chi connectivity index (χ3v) is 8.07. The predicted octanol–water partition coefficient (Wildman–Crippen LogP) is 3.75. The van der Waals surface area contributed by atoms with E-state index in [4.69, 9.17) is 4.74 Å². The average molecular weight is 470 g/mol. The van der Waals surface area contributed by atoms with Crippen LogP contribution in [0.15, 0.2) is 71.6 Å². The molecule has 3 aromatic carbocycles. The van der Waals surface area contributed by atoms with Crippen LogP contribution in [0.25, 0.3) is 10.8 Å². The summed E-state index contributed by atoms with van der Waals surface area (Å²) in [6.07, 6.45) is 0.321. The van der Waals surface area contributed by atoms with Crippen molar-refractivity contribution in [1.82, 2.24) is 4.31 Å². The Hall–Kier alpha value is -2.94. The molecule has 0 spiro atoms. The van der Waals surface area contributed by atoms with Gasteiger partial charge in [-0.05, 0) is 55.7 Å². The van der Waals surface area contributed by atoms with Crippen molar-refractivity contribution in [3.63, 3.8) is 0 Å². The normalized spacial score (nSPS) is 17.1. The van der Waals surface area contributed by atoms with E-state index in [2.05, 4.69) is 0 Å². The van der Waals surface area contributed by atoms with Crippen molar-refractivity contribution in [2.24, 2.45) is 0 Å². The molecule has 0 aliphatic carbocycles. The van der Waals surface area contributed by atoms with Crippen molar-refractivity contribution >= 4 is 26.8 Å². The fourth-order valence-electron chi connectivity index (χ4n) is 4.10. The van der Waals surface area contributed by atoms with E-state index in [-0.39, 0.29) is 36.6 Å². The van der Waals surface area contributed by atoms with Crippen LogP contribution in [0.3, 0.4) is 0 Å². The van der Waals surface area contributed by atoms with E-state index in [1.807, 2.05) is 24.3 Å². The molecular formula is C25H27NO6S. The van der Waals surface area contributed by atoms with Crippen LogP contribution in [0.4, 0.5) is 0 Å². The predicted molar refractivity (Wildman–Crippen MR) is 125 cm³/mol. The van der Waals surface area contributed by atoms with E-state index in [1.54, 1.807) is 42.5 Å². The summed E-state index contributed by atoms with van der Waals surface area (Å²) in [6.45, 7) is 3.13. The topological polar surface area (TPSA) is 104 Å². The first kappa shape index (κ1) is 23.2. The molecule has 0 atom stereocenters. The SMILES string of the molecule is CC(C)(Oc1ccccc1C1(O)CCN(S(=O)(=O)c2ccc3ccccc3c2)CC1)C(=O)O. The zero-order valence-corrected chi connectivity index (χ0v) is 19.4. The van der Waals surface area contributed by atoms with Gasteiger partial charge in [-0.2, -0.15) is 4.31 Å². The number of hydrogen-bond acceptors (Lipinski definition) is 5. The van der Waals surface area contributed by atoms with Crippen LogP contribution in [-0.2, 0) is 20.4 Å². The fourth-order valence-corrected chi connectivity index (χ4v) is 5.58. The Bertz CT molecular complexity index is 1290. The number of nitrogens with zero attached hydrogens (tertiary/aromatic N) is 1. The van der Waals surface area contributed by atoms with Crippen molar-refractivity contribution in [2.45, 2.75) is 42.8 Å². The van der Waals surface area contributed by atoms with Crippen molar-refractivity contribution in [3.8, 4) is 5.75 Å². The number of hydrogen-bond donors (Lipinski definition) is 2. The molecule has 0 unspecified atom stereocenters. The zero-order chi connectivity index (χ0) is 23.9. The molecule has 1 aliphatic heterocycles. The van der Waals surface area contributed by atoms with E-state index in [1.165, 1.54) is 18.2 Å². The molecule has 1 saturated heterocycles. The molecule has 8 heteroatoms. The van der Waals surface area contributed by atoms with Crippen LogP contribution in [0, 0.1) is 0 Å². The molecule has 1 heterocycles. The minimum absolute atomic E-state index is 0.127. The summed E-state index contributed by atoms with van der Waals surface area (Å²) in [5.74, 6) is -0.848. The standard InChI is InChI=1S/C25H27NO6S/c1-24(2,23(27)28)32-22-10-6-5-9-21(22)25(29)13-15-26(16-14-25)33(30,31)20-12-11-18-7-3-4-8-19(18)17-20/h3-12,17,29H,13-16H2,1-2H3,(H,27,28). The zero-order valence-electron chi connectivity index (χ0n) is 18.6. The van der Waals surface area contributed by atoms with Gasteiger partial charge in [-0.1, -0.05) is 48.5 Å². The number of carboxylic acids is 1. The van der Waals surface area contributed by atoms with Crippen LogP contribution in [-0.4, -0.2) is 47.6 Å². The first-order valence-corrected chi connectivity index (χ1v) is 12.2. The van der Waals surface area contributed by atoms with E-state index in [9.17, 15) is 23.4 Å². The molecule has 2 N–H and O–H groups in total. The largest absolute Gasteiger partial charge is 0.478 e. The Labute approximate surface area is 193 Å². The number of rotatable bonds is 6. The first-order chi connectivity index (χ1) is 15.5. The molecule has 3 aromatic rings. The molecule has 0 aromatic heterocycles. The minimum atomic E-state index is -3.72. The van der Waals surface area contributed by atoms with Gasteiger partial charge >= 0.3 is 5.97 Å². The third-order valence-electron chi connectivity index (χ3n) is 6.18. The Morgan fingerprint density at radius 3 is 2.24 bits per heavy atom. The number of benzene rings is 3. The molecule has 4 rings (SSSR count). The van der Waals surface area contributed by atoms with Crippen molar-refractivity contribution in [3.05, 3.63) is 72.3 Å². The molecule has 1 aliphatic rings. The molecule has 1 fully saturated rings. The van der Waals surface area contributed by atoms with Crippen molar-refractivity contribution in [1.29, 1.82) is 0 Å². The monoisotopic (exact) mass is 469 g/mol. The van der Waals surface area contributed by atoms with Gasteiger partial charge < -0.3 is 14.9 Å². The van der Waals surface area contributed by atoms with E-state index >= 15 is 0 Å². The lowest BCUT2D eigenvalue weighted by Gasteiger charge is -2.39. The summed E-state index contributed by atoms with van der Waals surface area (Å²) in [4.78, 5) is 11.7. The number of fused-ring (bicyclic) bond motifs is 1. The van der Waals surface area contributed by atoms with Gasteiger partial charge in [0.05, 0.1) is 10.5 Å². The Morgan fingerprint density at radius 2 is 1.58 bits per heavy atom. The highest BCUT2D eigenvalue weighted by molar-refractivity contribution is 7.89. The van der Waals surface area contributed by atoms with E-state index < -0.39 is 27.2 Å². The van der Waals surface area contributed by atoms with Gasteiger partial charge in [-0.25, -0.2) is 13.2 Å². The maximum Gasteiger partial charge on any atom is 0.347 e. The number of carbonyl (C=O) groups is 1. The first-order valence-electron chi connectivity index (χ1n) is 10.8. The molecule has 0 radical (unpaired) electrons. The fraction of sp³-hybridized carbons (Fsp3) is 0.320. The molecule has 33 heavy (non-hydrogen) atoms. The molecule has 174 valence electrons. The summed E-state index contributed by atoms with van der Waals surface area (Å²) in [5.41, 5.74) is -2.35. The summed E-state index contributed by atoms with van der Waals surface area (Å²) in [5, 5.41) is 22.6. The highest BCUT2D eigenvalue weighted by Gasteiger charge is 2.41. The summed E-state index contributed by atoms with van der Waals surface area (Å²) >= 11 is 0. The summed E-state index contributed by atoms with van der Waals surface area (Å²) in [6, 6.07) is 19.4. The van der Waals surface area contributed by atoms with Crippen LogP contribution in [0.1, 0.15) is 32.3 Å². The van der Waals surface area contributed by atoms with Gasteiger partial charge in [0.2, 0.25) is 10.0 Å².